The van der Waals surface area contributed by atoms with E-state index in [-0.39, 0.29) is 38.4 Å². The molecule has 0 spiro atoms. The van der Waals surface area contributed by atoms with Crippen molar-refractivity contribution in [1.82, 2.24) is 0 Å². The number of carbonyl (C=O) groups is 4. The second-order valence-corrected chi connectivity index (χ2v) is 7.18. The first-order valence-corrected chi connectivity index (χ1v) is 11.1. The van der Waals surface area contributed by atoms with E-state index in [4.69, 9.17) is 18.9 Å². The van der Waals surface area contributed by atoms with Gasteiger partial charge in [0.1, 0.15) is 5.57 Å². The van der Waals surface area contributed by atoms with Crippen molar-refractivity contribution in [2.75, 3.05) is 33.5 Å². The summed E-state index contributed by atoms with van der Waals surface area (Å²) in [4.78, 5) is 50.9. The van der Waals surface area contributed by atoms with Crippen LogP contribution in [-0.2, 0) is 38.1 Å². The molecule has 0 saturated carbocycles. The van der Waals surface area contributed by atoms with E-state index in [2.05, 4.69) is 0 Å². The standard InChI is InChI=1S/C23H38O8/c1-6-9-13-29-21(25)18(12-16-28-5)20(23(27)31-15-11-8-3)19(17(4)24)22(26)30-14-10-7-2/h18H,6-16H2,1-5H3/b20-19+. The first-order valence-electron chi connectivity index (χ1n) is 11.1. The van der Waals surface area contributed by atoms with Crippen LogP contribution in [0.2, 0.25) is 0 Å². The van der Waals surface area contributed by atoms with E-state index in [1.165, 1.54) is 7.11 Å². The highest BCUT2D eigenvalue weighted by Gasteiger charge is 2.37. The third-order valence-electron chi connectivity index (χ3n) is 4.49. The lowest BCUT2D eigenvalue weighted by atomic mass is 9.89. The Morgan fingerprint density at radius 3 is 1.65 bits per heavy atom. The molecule has 1 atom stereocenters. The van der Waals surface area contributed by atoms with Crippen LogP contribution in [-0.4, -0.2) is 57.2 Å². The molecule has 0 saturated heterocycles. The zero-order chi connectivity index (χ0) is 23.6. The van der Waals surface area contributed by atoms with Gasteiger partial charge < -0.3 is 18.9 Å². The Kier molecular flexibility index (Phi) is 16.2. The molecule has 0 aliphatic carbocycles. The molecular formula is C23H38O8. The smallest absolute Gasteiger partial charge is 0.342 e. The van der Waals surface area contributed by atoms with Gasteiger partial charge in [-0.15, -0.1) is 0 Å². The molecule has 0 aliphatic heterocycles. The van der Waals surface area contributed by atoms with Gasteiger partial charge >= 0.3 is 17.9 Å². The Morgan fingerprint density at radius 1 is 0.710 bits per heavy atom. The molecule has 0 aliphatic rings. The summed E-state index contributed by atoms with van der Waals surface area (Å²) >= 11 is 0. The minimum Gasteiger partial charge on any atom is -0.465 e. The minimum atomic E-state index is -1.18. The molecule has 8 heteroatoms. The fourth-order valence-electron chi connectivity index (χ4n) is 2.66. The molecule has 1 unspecified atom stereocenters. The van der Waals surface area contributed by atoms with Crippen LogP contribution in [0.1, 0.15) is 72.6 Å². The van der Waals surface area contributed by atoms with Crippen molar-refractivity contribution in [3.63, 3.8) is 0 Å². The van der Waals surface area contributed by atoms with Crippen molar-refractivity contribution >= 4 is 23.7 Å². The lowest BCUT2D eigenvalue weighted by molar-refractivity contribution is -0.151. The Labute approximate surface area is 185 Å². The number of esters is 3. The lowest BCUT2D eigenvalue weighted by Gasteiger charge is -2.21. The quantitative estimate of drug-likeness (QED) is 0.0841. The highest BCUT2D eigenvalue weighted by Crippen LogP contribution is 2.25. The molecule has 0 heterocycles. The summed E-state index contributed by atoms with van der Waals surface area (Å²) in [5.74, 6) is -4.38. The number of hydrogen-bond acceptors (Lipinski definition) is 8. The lowest BCUT2D eigenvalue weighted by Crippen LogP contribution is -2.31. The molecular weight excluding hydrogens is 404 g/mol. The van der Waals surface area contributed by atoms with Gasteiger partial charge in [0.05, 0.1) is 31.3 Å². The second kappa shape index (κ2) is 17.5. The fourth-order valence-corrected chi connectivity index (χ4v) is 2.66. The maximum atomic E-state index is 12.9. The molecule has 0 radical (unpaired) electrons. The molecule has 0 N–H and O–H groups in total. The van der Waals surface area contributed by atoms with E-state index in [0.717, 1.165) is 26.2 Å². The second-order valence-electron chi connectivity index (χ2n) is 7.18. The maximum absolute atomic E-state index is 12.9. The van der Waals surface area contributed by atoms with Gasteiger partial charge in [0.25, 0.3) is 0 Å². The van der Waals surface area contributed by atoms with Crippen LogP contribution in [0.5, 0.6) is 0 Å². The molecule has 0 rings (SSSR count). The summed E-state index contributed by atoms with van der Waals surface area (Å²) in [6.07, 6.45) is 4.33. The number of ketones is 1. The number of ether oxygens (including phenoxy) is 4. The molecule has 0 amide bonds. The third kappa shape index (κ3) is 11.1. The van der Waals surface area contributed by atoms with Crippen molar-refractivity contribution in [2.45, 2.75) is 72.6 Å². The maximum Gasteiger partial charge on any atom is 0.342 e. The number of rotatable bonds is 17. The Morgan fingerprint density at radius 2 is 1.19 bits per heavy atom. The summed E-state index contributed by atoms with van der Waals surface area (Å²) in [6.45, 7) is 7.48. The predicted molar refractivity (Wildman–Crippen MR) is 115 cm³/mol. The zero-order valence-electron chi connectivity index (χ0n) is 19.6. The van der Waals surface area contributed by atoms with Crippen molar-refractivity contribution in [2.24, 2.45) is 5.92 Å². The predicted octanol–water partition coefficient (Wildman–Crippen LogP) is 3.55. The van der Waals surface area contributed by atoms with Crippen LogP contribution in [0.3, 0.4) is 0 Å². The van der Waals surface area contributed by atoms with E-state index in [1.807, 2.05) is 20.8 Å². The number of unbranched alkanes of at least 4 members (excludes halogenated alkanes) is 3. The minimum absolute atomic E-state index is 0.0543. The van der Waals surface area contributed by atoms with Crippen molar-refractivity contribution in [3.8, 4) is 0 Å². The Hall–Kier alpha value is -2.22. The van der Waals surface area contributed by atoms with E-state index >= 15 is 0 Å². The van der Waals surface area contributed by atoms with Gasteiger partial charge in [-0.2, -0.15) is 0 Å². The molecule has 178 valence electrons. The first kappa shape index (κ1) is 28.8. The highest BCUT2D eigenvalue weighted by atomic mass is 16.5. The van der Waals surface area contributed by atoms with Crippen molar-refractivity contribution < 1.29 is 38.1 Å². The van der Waals surface area contributed by atoms with Crippen LogP contribution in [0, 0.1) is 5.92 Å². The summed E-state index contributed by atoms with van der Waals surface area (Å²) in [6, 6.07) is 0. The van der Waals surface area contributed by atoms with E-state index in [0.29, 0.717) is 19.3 Å². The number of Topliss-reactive ketones (excluding diaryl/α,β-unsaturated/α-hetero) is 1. The topological polar surface area (TPSA) is 105 Å². The monoisotopic (exact) mass is 442 g/mol. The van der Waals surface area contributed by atoms with Gasteiger partial charge in [-0.25, -0.2) is 9.59 Å². The highest BCUT2D eigenvalue weighted by molar-refractivity contribution is 6.21. The molecule has 0 aromatic heterocycles. The normalized spacial score (nSPS) is 12.5. The Balaban J connectivity index is 6.22. The van der Waals surface area contributed by atoms with Crippen molar-refractivity contribution in [3.05, 3.63) is 11.1 Å². The molecule has 0 aromatic carbocycles. The Bertz CT molecular complexity index is 609. The van der Waals surface area contributed by atoms with Gasteiger partial charge in [0.15, 0.2) is 5.78 Å². The summed E-state index contributed by atoms with van der Waals surface area (Å²) in [5, 5.41) is 0. The summed E-state index contributed by atoms with van der Waals surface area (Å²) < 4.78 is 20.8. The van der Waals surface area contributed by atoms with Gasteiger partial charge in [-0.05, 0) is 32.6 Å². The zero-order valence-corrected chi connectivity index (χ0v) is 19.6. The van der Waals surface area contributed by atoms with Crippen LogP contribution in [0.25, 0.3) is 0 Å². The number of carbonyl (C=O) groups excluding carboxylic acids is 4. The largest absolute Gasteiger partial charge is 0.465 e. The van der Waals surface area contributed by atoms with Gasteiger partial charge in [-0.1, -0.05) is 40.0 Å². The molecule has 31 heavy (non-hydrogen) atoms. The number of hydrogen-bond donors (Lipinski definition) is 0. The summed E-state index contributed by atoms with van der Waals surface area (Å²) in [5.41, 5.74) is -0.783. The van der Waals surface area contributed by atoms with Crippen LogP contribution >= 0.6 is 0 Å². The average Bonchev–Trinajstić information content (AvgIpc) is 2.73. The van der Waals surface area contributed by atoms with Crippen LogP contribution < -0.4 is 0 Å². The van der Waals surface area contributed by atoms with Crippen LogP contribution in [0.4, 0.5) is 0 Å². The average molecular weight is 443 g/mol. The molecule has 8 nitrogen and oxygen atoms in total. The van der Waals surface area contributed by atoms with Gasteiger partial charge in [0.2, 0.25) is 0 Å². The van der Waals surface area contributed by atoms with E-state index in [9.17, 15) is 19.2 Å². The van der Waals surface area contributed by atoms with Crippen molar-refractivity contribution in [1.29, 1.82) is 0 Å². The summed E-state index contributed by atoms with van der Waals surface area (Å²) in [7, 11) is 1.45. The SMILES string of the molecule is CCCCOC(=O)/C(C(C)=O)=C(/C(=O)OCCCC)C(CCOC)C(=O)OCCCC. The first-order chi connectivity index (χ1) is 14.8. The molecule has 0 fully saturated rings. The molecule has 0 aromatic rings. The van der Waals surface area contributed by atoms with Gasteiger partial charge in [0, 0.05) is 13.7 Å². The number of methoxy groups -OCH3 is 1. The van der Waals surface area contributed by atoms with E-state index in [1.54, 1.807) is 0 Å². The molecule has 0 bridgehead atoms. The van der Waals surface area contributed by atoms with Gasteiger partial charge in [-0.3, -0.25) is 9.59 Å². The van der Waals surface area contributed by atoms with E-state index < -0.39 is 35.2 Å². The fraction of sp³-hybridized carbons (Fsp3) is 0.739. The third-order valence-corrected chi connectivity index (χ3v) is 4.49. The van der Waals surface area contributed by atoms with Crippen LogP contribution in [0.15, 0.2) is 11.1 Å².